The molecule has 0 atom stereocenters. The first-order valence-electron chi connectivity index (χ1n) is 8.90. The summed E-state index contributed by atoms with van der Waals surface area (Å²) in [5.41, 5.74) is 1.68. The molecule has 1 aliphatic carbocycles. The Balaban J connectivity index is 1.74. The van der Waals surface area contributed by atoms with Crippen molar-refractivity contribution in [2.24, 2.45) is 7.05 Å². The molecule has 0 bridgehead atoms. The lowest BCUT2D eigenvalue weighted by atomic mass is 10.1. The molecule has 1 saturated carbocycles. The van der Waals surface area contributed by atoms with E-state index in [1.54, 1.807) is 19.2 Å². The average Bonchev–Trinajstić information content (AvgIpc) is 3.47. The summed E-state index contributed by atoms with van der Waals surface area (Å²) in [6, 6.07) is 6.01. The van der Waals surface area contributed by atoms with Gasteiger partial charge in [-0.05, 0) is 25.0 Å². The summed E-state index contributed by atoms with van der Waals surface area (Å²) in [5.74, 6) is -2.17. The number of halogens is 2. The van der Waals surface area contributed by atoms with Crippen molar-refractivity contribution in [1.29, 1.82) is 0 Å². The van der Waals surface area contributed by atoms with Crippen LogP contribution in [-0.4, -0.2) is 42.0 Å². The molecule has 0 spiro atoms. The molecule has 0 aliphatic heterocycles. The van der Waals surface area contributed by atoms with Crippen molar-refractivity contribution in [3.8, 4) is 11.5 Å². The highest BCUT2D eigenvalue weighted by molar-refractivity contribution is 5.92. The first-order chi connectivity index (χ1) is 13.8. The number of esters is 1. The van der Waals surface area contributed by atoms with Crippen molar-refractivity contribution in [3.63, 3.8) is 0 Å². The van der Waals surface area contributed by atoms with Gasteiger partial charge in [-0.25, -0.2) is 4.79 Å². The van der Waals surface area contributed by atoms with Crippen molar-refractivity contribution < 1.29 is 32.6 Å². The molecule has 156 valence electrons. The zero-order valence-corrected chi connectivity index (χ0v) is 16.2. The van der Waals surface area contributed by atoms with E-state index in [0.29, 0.717) is 17.2 Å². The Kier molecular flexibility index (Phi) is 5.71. The van der Waals surface area contributed by atoms with Crippen LogP contribution in [0.3, 0.4) is 0 Å². The van der Waals surface area contributed by atoms with Gasteiger partial charge in [0.1, 0.15) is 5.69 Å². The number of carbonyl (C=O) groups excluding carboxylic acids is 2. The molecule has 0 radical (unpaired) electrons. The Morgan fingerprint density at radius 1 is 1.31 bits per heavy atom. The van der Waals surface area contributed by atoms with Crippen molar-refractivity contribution in [1.82, 2.24) is 15.1 Å². The van der Waals surface area contributed by atoms with Gasteiger partial charge >= 0.3 is 12.1 Å². The molecule has 3 rings (SSSR count). The zero-order chi connectivity index (χ0) is 21.2. The number of amides is 1. The summed E-state index contributed by atoms with van der Waals surface area (Å²) in [6.07, 6.45) is -2.05. The van der Waals surface area contributed by atoms with Gasteiger partial charge in [-0.15, -0.1) is 0 Å². The van der Waals surface area contributed by atoms with Crippen LogP contribution >= 0.6 is 0 Å². The van der Waals surface area contributed by atoms with Gasteiger partial charge < -0.3 is 19.5 Å². The normalized spacial score (nSPS) is 13.7. The number of alkyl halides is 2. The molecule has 1 N–H and O–H groups in total. The minimum atomic E-state index is -4.18. The quantitative estimate of drug-likeness (QED) is 0.673. The second-order valence-corrected chi connectivity index (χ2v) is 6.59. The van der Waals surface area contributed by atoms with Gasteiger partial charge in [0.2, 0.25) is 0 Å². The lowest BCUT2D eigenvalue weighted by Crippen LogP contribution is -2.36. The van der Waals surface area contributed by atoms with E-state index in [0.717, 1.165) is 25.6 Å². The highest BCUT2D eigenvalue weighted by Crippen LogP contribution is 2.39. The number of benzene rings is 1. The van der Waals surface area contributed by atoms with Gasteiger partial charge in [0.05, 0.1) is 19.9 Å². The van der Waals surface area contributed by atoms with Crippen molar-refractivity contribution in [3.05, 3.63) is 41.2 Å². The lowest BCUT2D eigenvalue weighted by Gasteiger charge is -2.19. The number of aromatic nitrogens is 2. The van der Waals surface area contributed by atoms with Crippen LogP contribution in [0.2, 0.25) is 0 Å². The van der Waals surface area contributed by atoms with Crippen LogP contribution in [-0.2, 0) is 23.1 Å². The van der Waals surface area contributed by atoms with Crippen LogP contribution in [0.4, 0.5) is 8.78 Å². The summed E-state index contributed by atoms with van der Waals surface area (Å²) in [4.78, 5) is 23.7. The largest absolute Gasteiger partial charge is 0.502 e. The number of methoxy groups -OCH3 is 2. The number of nitrogens with zero attached hydrogens (tertiary/aromatic N) is 2. The SMILES string of the molecule is COC(=O)C(F)(F)Oc1cccc(CNC(=O)c2cc(C3CC3)nn2C)c1OC. The molecule has 1 amide bonds. The molecule has 1 fully saturated rings. The number of rotatable bonds is 8. The molecule has 1 aliphatic rings. The van der Waals surface area contributed by atoms with E-state index in [9.17, 15) is 18.4 Å². The van der Waals surface area contributed by atoms with E-state index in [-0.39, 0.29) is 24.0 Å². The van der Waals surface area contributed by atoms with Crippen LogP contribution in [0.25, 0.3) is 0 Å². The minimum absolute atomic E-state index is 0.00700. The lowest BCUT2D eigenvalue weighted by molar-refractivity contribution is -0.214. The summed E-state index contributed by atoms with van der Waals surface area (Å²) >= 11 is 0. The monoisotopic (exact) mass is 409 g/mol. The second-order valence-electron chi connectivity index (χ2n) is 6.59. The number of carbonyl (C=O) groups is 2. The fourth-order valence-electron chi connectivity index (χ4n) is 2.86. The maximum Gasteiger partial charge on any atom is 0.502 e. The number of aryl methyl sites for hydroxylation is 1. The van der Waals surface area contributed by atoms with Crippen molar-refractivity contribution in [2.75, 3.05) is 14.2 Å². The molecule has 0 saturated heterocycles. The summed E-state index contributed by atoms with van der Waals surface area (Å²) in [7, 11) is 3.79. The molecule has 1 aromatic heterocycles. The van der Waals surface area contributed by atoms with Crippen LogP contribution in [0, 0.1) is 0 Å². The first-order valence-corrected chi connectivity index (χ1v) is 8.90. The fourth-order valence-corrected chi connectivity index (χ4v) is 2.86. The number of nitrogens with one attached hydrogen (secondary N) is 1. The maximum absolute atomic E-state index is 13.8. The average molecular weight is 409 g/mol. The van der Waals surface area contributed by atoms with Gasteiger partial charge in [0, 0.05) is 25.1 Å². The Morgan fingerprint density at radius 3 is 2.66 bits per heavy atom. The molecule has 10 heteroatoms. The second kappa shape index (κ2) is 8.06. The van der Waals surface area contributed by atoms with Gasteiger partial charge in [-0.2, -0.15) is 13.9 Å². The molecule has 0 unspecified atom stereocenters. The summed E-state index contributed by atoms with van der Waals surface area (Å²) < 4.78 is 42.8. The van der Waals surface area contributed by atoms with E-state index in [1.807, 2.05) is 0 Å². The number of hydrogen-bond acceptors (Lipinski definition) is 6. The number of ether oxygens (including phenoxy) is 3. The van der Waals surface area contributed by atoms with Gasteiger partial charge in [0.25, 0.3) is 5.91 Å². The summed E-state index contributed by atoms with van der Waals surface area (Å²) in [6.45, 7) is -0.00700. The highest BCUT2D eigenvalue weighted by atomic mass is 19.3. The molecule has 2 aromatic rings. The van der Waals surface area contributed by atoms with Crippen molar-refractivity contribution in [2.45, 2.75) is 31.4 Å². The Hall–Kier alpha value is -3.17. The third-order valence-corrected chi connectivity index (χ3v) is 4.49. The van der Waals surface area contributed by atoms with E-state index < -0.39 is 12.1 Å². The molecular formula is C19H21F2N3O5. The summed E-state index contributed by atoms with van der Waals surface area (Å²) in [5, 5.41) is 7.06. The van der Waals surface area contributed by atoms with Crippen LogP contribution in [0.1, 0.15) is 40.5 Å². The van der Waals surface area contributed by atoms with Gasteiger partial charge in [0.15, 0.2) is 11.5 Å². The van der Waals surface area contributed by atoms with Crippen LogP contribution < -0.4 is 14.8 Å². The van der Waals surface area contributed by atoms with E-state index in [2.05, 4.69) is 19.9 Å². The fraction of sp³-hybridized carbons (Fsp3) is 0.421. The predicted molar refractivity (Wildman–Crippen MR) is 96.9 cm³/mol. The minimum Gasteiger partial charge on any atom is -0.492 e. The van der Waals surface area contributed by atoms with E-state index in [1.165, 1.54) is 23.9 Å². The van der Waals surface area contributed by atoms with Gasteiger partial charge in [-0.1, -0.05) is 12.1 Å². The van der Waals surface area contributed by atoms with Crippen molar-refractivity contribution >= 4 is 11.9 Å². The smallest absolute Gasteiger partial charge is 0.492 e. The first kappa shape index (κ1) is 20.6. The number of hydrogen-bond donors (Lipinski definition) is 1. The Morgan fingerprint density at radius 2 is 2.03 bits per heavy atom. The zero-order valence-electron chi connectivity index (χ0n) is 16.2. The molecule has 29 heavy (non-hydrogen) atoms. The van der Waals surface area contributed by atoms with Crippen LogP contribution in [0.5, 0.6) is 11.5 Å². The standard InChI is InChI=1S/C19H21F2N3O5/c1-24-14(9-13(23-24)11-7-8-11)17(25)22-10-12-5-4-6-15(16(12)27-2)29-19(20,21)18(26)28-3/h4-6,9,11H,7-8,10H2,1-3H3,(H,22,25). The Bertz CT molecular complexity index is 925. The third-order valence-electron chi connectivity index (χ3n) is 4.49. The molecular weight excluding hydrogens is 388 g/mol. The van der Waals surface area contributed by atoms with Crippen LogP contribution in [0.15, 0.2) is 24.3 Å². The number of para-hydroxylation sites is 1. The molecule has 1 aromatic carbocycles. The topological polar surface area (TPSA) is 91.7 Å². The highest BCUT2D eigenvalue weighted by Gasteiger charge is 2.44. The third kappa shape index (κ3) is 4.47. The molecule has 1 heterocycles. The van der Waals surface area contributed by atoms with E-state index >= 15 is 0 Å². The van der Waals surface area contributed by atoms with Gasteiger partial charge in [-0.3, -0.25) is 9.48 Å². The predicted octanol–water partition coefficient (Wildman–Crippen LogP) is 2.38. The van der Waals surface area contributed by atoms with E-state index in [4.69, 9.17) is 4.74 Å². The molecule has 8 nitrogen and oxygen atoms in total. The maximum atomic E-state index is 13.8. The Labute approximate surface area is 165 Å².